The minimum Gasteiger partial charge on any atom is -0.383 e. The number of nitrogens with zero attached hydrogens (tertiary/aromatic N) is 2. The molecule has 0 aliphatic rings. The van der Waals surface area contributed by atoms with E-state index in [1.165, 1.54) is 17.9 Å². The molecule has 0 fully saturated rings. The van der Waals surface area contributed by atoms with E-state index < -0.39 is 21.5 Å². The first kappa shape index (κ1) is 13.5. The fourth-order valence-electron chi connectivity index (χ4n) is 1.63. The molecule has 8 heteroatoms. The molecule has 19 heavy (non-hydrogen) atoms. The normalized spacial score (nSPS) is 11.8. The molecule has 0 bridgehead atoms. The molecule has 2 aromatic rings. The summed E-state index contributed by atoms with van der Waals surface area (Å²) in [6, 6.07) is 1.68. The number of nitrogens with two attached hydrogens (primary N) is 1. The van der Waals surface area contributed by atoms with Gasteiger partial charge in [0.1, 0.15) is 5.82 Å². The monoisotopic (exact) mass is 287 g/mol. The predicted molar refractivity (Wildman–Crippen MR) is 66.1 cm³/mol. The number of hydrogen-bond donors (Lipinski definition) is 1. The molecule has 102 valence electrons. The van der Waals surface area contributed by atoms with Gasteiger partial charge in [0.25, 0.3) is 0 Å². The van der Waals surface area contributed by atoms with Crippen LogP contribution in [-0.2, 0) is 16.9 Å². The van der Waals surface area contributed by atoms with Gasteiger partial charge < -0.3 is 5.73 Å². The van der Waals surface area contributed by atoms with Gasteiger partial charge in [-0.15, -0.1) is 0 Å². The third-order valence-electron chi connectivity index (χ3n) is 2.70. The molecule has 0 saturated heterocycles. The molecule has 0 aliphatic carbocycles. The van der Waals surface area contributed by atoms with Gasteiger partial charge in [-0.3, -0.25) is 4.68 Å². The van der Waals surface area contributed by atoms with Gasteiger partial charge in [-0.2, -0.15) is 5.10 Å². The first-order chi connectivity index (χ1) is 8.71. The van der Waals surface area contributed by atoms with Gasteiger partial charge in [0.2, 0.25) is 0 Å². The lowest BCUT2D eigenvalue weighted by Gasteiger charge is -2.06. The summed E-state index contributed by atoms with van der Waals surface area (Å²) in [5.41, 5.74) is 5.59. The Morgan fingerprint density at radius 2 is 1.89 bits per heavy atom. The van der Waals surface area contributed by atoms with Crippen LogP contribution in [0.4, 0.5) is 14.6 Å². The smallest absolute Gasteiger partial charge is 0.175 e. The van der Waals surface area contributed by atoms with E-state index in [2.05, 4.69) is 5.10 Å². The Balaban J connectivity index is 2.77. The van der Waals surface area contributed by atoms with Gasteiger partial charge >= 0.3 is 0 Å². The maximum atomic E-state index is 13.8. The summed E-state index contributed by atoms with van der Waals surface area (Å²) >= 11 is 0. The molecule has 1 heterocycles. The Morgan fingerprint density at radius 3 is 2.37 bits per heavy atom. The summed E-state index contributed by atoms with van der Waals surface area (Å²) in [4.78, 5) is -0.315. The summed E-state index contributed by atoms with van der Waals surface area (Å²) in [5, 5.41) is 3.81. The Morgan fingerprint density at radius 1 is 1.26 bits per heavy atom. The van der Waals surface area contributed by atoms with Crippen LogP contribution in [0.25, 0.3) is 11.1 Å². The van der Waals surface area contributed by atoms with Crippen LogP contribution >= 0.6 is 0 Å². The summed E-state index contributed by atoms with van der Waals surface area (Å²) in [6.07, 6.45) is 2.16. The molecule has 0 amide bonds. The van der Waals surface area contributed by atoms with Crippen LogP contribution in [0.3, 0.4) is 0 Å². The number of rotatable bonds is 2. The van der Waals surface area contributed by atoms with Gasteiger partial charge in [0.15, 0.2) is 21.5 Å². The molecule has 2 N–H and O–H groups in total. The molecule has 0 atom stereocenters. The lowest BCUT2D eigenvalue weighted by molar-refractivity contribution is 0.507. The van der Waals surface area contributed by atoms with E-state index in [4.69, 9.17) is 5.73 Å². The van der Waals surface area contributed by atoms with E-state index in [0.717, 1.165) is 12.3 Å². The SMILES string of the molecule is Cn1ncc(-c2cc(S(C)(=O)=O)cc(F)c2F)c1N. The largest absolute Gasteiger partial charge is 0.383 e. The summed E-state index contributed by atoms with van der Waals surface area (Å²) in [7, 11) is -2.12. The standard InChI is InChI=1S/C11H11F2N3O2S/c1-16-11(14)8(5-15-16)7-3-6(19(2,17)18)4-9(12)10(7)13/h3-5H,14H2,1-2H3. The lowest BCUT2D eigenvalue weighted by Crippen LogP contribution is -2.02. The van der Waals surface area contributed by atoms with Crippen molar-refractivity contribution in [1.29, 1.82) is 0 Å². The van der Waals surface area contributed by atoms with Crippen LogP contribution in [0, 0.1) is 11.6 Å². The van der Waals surface area contributed by atoms with E-state index in [9.17, 15) is 17.2 Å². The van der Waals surface area contributed by atoms with E-state index >= 15 is 0 Å². The molecular weight excluding hydrogens is 276 g/mol. The van der Waals surface area contributed by atoms with Crippen molar-refractivity contribution in [3.63, 3.8) is 0 Å². The molecule has 2 rings (SSSR count). The van der Waals surface area contributed by atoms with Crippen LogP contribution in [-0.4, -0.2) is 24.5 Å². The Hall–Kier alpha value is -1.96. The second kappa shape index (κ2) is 4.30. The van der Waals surface area contributed by atoms with Crippen molar-refractivity contribution in [2.24, 2.45) is 7.05 Å². The van der Waals surface area contributed by atoms with Crippen LogP contribution < -0.4 is 5.73 Å². The summed E-state index contributed by atoms with van der Waals surface area (Å²) in [6.45, 7) is 0. The van der Waals surface area contributed by atoms with Crippen LogP contribution in [0.5, 0.6) is 0 Å². The number of hydrogen-bond acceptors (Lipinski definition) is 4. The highest BCUT2D eigenvalue weighted by Gasteiger charge is 2.20. The fourth-order valence-corrected chi connectivity index (χ4v) is 2.28. The minimum absolute atomic E-state index is 0.115. The van der Waals surface area contributed by atoms with Crippen LogP contribution in [0.15, 0.2) is 23.2 Å². The zero-order chi connectivity index (χ0) is 14.4. The van der Waals surface area contributed by atoms with E-state index in [-0.39, 0.29) is 21.8 Å². The lowest BCUT2D eigenvalue weighted by atomic mass is 10.1. The average Bonchev–Trinajstić information content (AvgIpc) is 2.62. The van der Waals surface area contributed by atoms with Gasteiger partial charge in [-0.25, -0.2) is 17.2 Å². The van der Waals surface area contributed by atoms with Gasteiger partial charge in [-0.1, -0.05) is 0 Å². The number of halogens is 2. The number of nitrogen functional groups attached to an aromatic ring is 1. The van der Waals surface area contributed by atoms with Crippen molar-refractivity contribution >= 4 is 15.7 Å². The maximum absolute atomic E-state index is 13.8. The first-order valence-corrected chi connectivity index (χ1v) is 7.08. The fraction of sp³-hybridized carbons (Fsp3) is 0.182. The first-order valence-electron chi connectivity index (χ1n) is 5.18. The zero-order valence-corrected chi connectivity index (χ0v) is 11.0. The van der Waals surface area contributed by atoms with Crippen LogP contribution in [0.2, 0.25) is 0 Å². The summed E-state index contributed by atoms with van der Waals surface area (Å²) in [5.74, 6) is -2.29. The second-order valence-electron chi connectivity index (χ2n) is 4.11. The molecular formula is C11H11F2N3O2S. The highest BCUT2D eigenvalue weighted by Crippen LogP contribution is 2.31. The Bertz CT molecular complexity index is 754. The average molecular weight is 287 g/mol. The molecule has 1 aromatic carbocycles. The van der Waals surface area contributed by atoms with E-state index in [1.807, 2.05) is 0 Å². The van der Waals surface area contributed by atoms with Gasteiger partial charge in [0, 0.05) is 24.4 Å². The number of aromatic nitrogens is 2. The van der Waals surface area contributed by atoms with Gasteiger partial charge in [0.05, 0.1) is 11.1 Å². The number of sulfone groups is 1. The molecule has 5 nitrogen and oxygen atoms in total. The molecule has 1 aromatic heterocycles. The second-order valence-corrected chi connectivity index (χ2v) is 6.12. The van der Waals surface area contributed by atoms with Crippen molar-refractivity contribution in [2.75, 3.05) is 12.0 Å². The summed E-state index contributed by atoms with van der Waals surface area (Å²) < 4.78 is 51.4. The van der Waals surface area contributed by atoms with E-state index in [1.54, 1.807) is 0 Å². The predicted octanol–water partition coefficient (Wildman–Crippen LogP) is 1.35. The van der Waals surface area contributed by atoms with Crippen molar-refractivity contribution in [3.8, 4) is 11.1 Å². The Kier molecular flexibility index (Phi) is 3.05. The molecule has 0 radical (unpaired) electrons. The van der Waals surface area contributed by atoms with Crippen LogP contribution in [0.1, 0.15) is 0 Å². The minimum atomic E-state index is -3.65. The third kappa shape index (κ3) is 2.30. The van der Waals surface area contributed by atoms with Crippen molar-refractivity contribution < 1.29 is 17.2 Å². The molecule has 0 aliphatic heterocycles. The number of anilines is 1. The number of aryl methyl sites for hydroxylation is 1. The quantitative estimate of drug-likeness (QED) is 0.846. The van der Waals surface area contributed by atoms with E-state index in [0.29, 0.717) is 6.07 Å². The molecule has 0 spiro atoms. The van der Waals surface area contributed by atoms with Crippen molar-refractivity contribution in [3.05, 3.63) is 30.0 Å². The topological polar surface area (TPSA) is 78.0 Å². The third-order valence-corrected chi connectivity index (χ3v) is 3.80. The molecule has 0 unspecified atom stereocenters. The van der Waals surface area contributed by atoms with Crippen molar-refractivity contribution in [1.82, 2.24) is 9.78 Å². The Labute approximate surface area is 108 Å². The maximum Gasteiger partial charge on any atom is 0.175 e. The molecule has 0 saturated carbocycles. The highest BCUT2D eigenvalue weighted by atomic mass is 32.2. The zero-order valence-electron chi connectivity index (χ0n) is 10.2. The van der Waals surface area contributed by atoms with Gasteiger partial charge in [-0.05, 0) is 12.1 Å². The highest BCUT2D eigenvalue weighted by molar-refractivity contribution is 7.90. The number of benzene rings is 1. The van der Waals surface area contributed by atoms with Crippen molar-refractivity contribution in [2.45, 2.75) is 4.90 Å².